The van der Waals surface area contributed by atoms with Crippen LogP contribution >= 0.6 is 0 Å². The number of rotatable bonds is 6. The Kier molecular flexibility index (Phi) is 4.89. The summed E-state index contributed by atoms with van der Waals surface area (Å²) in [5, 5.41) is 1.43. The monoisotopic (exact) mass is 332 g/mol. The molecule has 0 aliphatic carbocycles. The number of aromatic amines is 1. The Morgan fingerprint density at radius 3 is 2.64 bits per heavy atom. The fourth-order valence-electron chi connectivity index (χ4n) is 4.29. The quantitative estimate of drug-likeness (QED) is 0.561. The Morgan fingerprint density at radius 1 is 1.00 bits per heavy atom. The molecule has 0 fully saturated rings. The van der Waals surface area contributed by atoms with Gasteiger partial charge in [-0.15, -0.1) is 0 Å². The first kappa shape index (κ1) is 16.4. The molecular weight excluding hydrogens is 304 g/mol. The summed E-state index contributed by atoms with van der Waals surface area (Å²) in [6.07, 6.45) is 6.31. The maximum absolute atomic E-state index is 3.77. The SMILES string of the molecule is CCCCCC1c2[nH]c3ccccc3c2CCN1Cc1ccccc1. The summed E-state index contributed by atoms with van der Waals surface area (Å²) < 4.78 is 0. The summed E-state index contributed by atoms with van der Waals surface area (Å²) >= 11 is 0. The first-order chi connectivity index (χ1) is 12.4. The van der Waals surface area contributed by atoms with E-state index in [2.05, 4.69) is 71.4 Å². The van der Waals surface area contributed by atoms with Gasteiger partial charge in [-0.3, -0.25) is 4.90 Å². The van der Waals surface area contributed by atoms with Gasteiger partial charge in [0.25, 0.3) is 0 Å². The van der Waals surface area contributed by atoms with E-state index in [0.29, 0.717) is 6.04 Å². The highest BCUT2D eigenvalue weighted by molar-refractivity contribution is 5.85. The van der Waals surface area contributed by atoms with Gasteiger partial charge in [-0.05, 0) is 30.0 Å². The molecule has 0 saturated heterocycles. The first-order valence-electron chi connectivity index (χ1n) is 9.74. The molecule has 1 aromatic heterocycles. The predicted octanol–water partition coefficient (Wildman–Crippen LogP) is 5.85. The molecule has 0 saturated carbocycles. The molecule has 2 nitrogen and oxygen atoms in total. The van der Waals surface area contributed by atoms with Crippen LogP contribution in [0.2, 0.25) is 0 Å². The van der Waals surface area contributed by atoms with Gasteiger partial charge in [0.15, 0.2) is 0 Å². The van der Waals surface area contributed by atoms with Crippen molar-refractivity contribution in [1.29, 1.82) is 0 Å². The Balaban J connectivity index is 1.65. The number of unbranched alkanes of at least 4 members (excludes halogenated alkanes) is 2. The van der Waals surface area contributed by atoms with Crippen LogP contribution in [0.4, 0.5) is 0 Å². The summed E-state index contributed by atoms with van der Waals surface area (Å²) in [5.41, 5.74) is 5.75. The minimum atomic E-state index is 0.517. The number of benzene rings is 2. The Labute approximate surface area is 150 Å². The average molecular weight is 332 g/mol. The molecule has 3 aromatic rings. The third-order valence-corrected chi connectivity index (χ3v) is 5.58. The van der Waals surface area contributed by atoms with Crippen LogP contribution in [0.5, 0.6) is 0 Å². The Hall–Kier alpha value is -2.06. The second kappa shape index (κ2) is 7.45. The summed E-state index contributed by atoms with van der Waals surface area (Å²) in [6.45, 7) is 4.49. The number of H-pyrrole nitrogens is 1. The molecule has 2 heteroatoms. The topological polar surface area (TPSA) is 19.0 Å². The van der Waals surface area contributed by atoms with E-state index in [1.54, 1.807) is 5.56 Å². The van der Waals surface area contributed by atoms with Crippen LogP contribution in [-0.2, 0) is 13.0 Å². The largest absolute Gasteiger partial charge is 0.357 e. The second-order valence-electron chi connectivity index (χ2n) is 7.28. The van der Waals surface area contributed by atoms with Crippen molar-refractivity contribution in [1.82, 2.24) is 9.88 Å². The smallest absolute Gasteiger partial charge is 0.0505 e. The van der Waals surface area contributed by atoms with Crippen LogP contribution in [0.25, 0.3) is 10.9 Å². The van der Waals surface area contributed by atoms with Gasteiger partial charge < -0.3 is 4.98 Å². The van der Waals surface area contributed by atoms with Gasteiger partial charge in [-0.25, -0.2) is 0 Å². The zero-order valence-electron chi connectivity index (χ0n) is 15.2. The first-order valence-corrected chi connectivity index (χ1v) is 9.74. The van der Waals surface area contributed by atoms with Gasteiger partial charge in [-0.1, -0.05) is 74.7 Å². The molecule has 1 aliphatic rings. The van der Waals surface area contributed by atoms with Crippen molar-refractivity contribution in [2.45, 2.75) is 51.6 Å². The van der Waals surface area contributed by atoms with Crippen molar-refractivity contribution in [3.8, 4) is 0 Å². The maximum atomic E-state index is 3.77. The van der Waals surface area contributed by atoms with Crippen molar-refractivity contribution in [3.63, 3.8) is 0 Å². The summed E-state index contributed by atoms with van der Waals surface area (Å²) in [6, 6.07) is 20.2. The third-order valence-electron chi connectivity index (χ3n) is 5.58. The van der Waals surface area contributed by atoms with E-state index in [4.69, 9.17) is 0 Å². The number of hydrogen-bond acceptors (Lipinski definition) is 1. The molecule has 1 unspecified atom stereocenters. The number of nitrogens with one attached hydrogen (secondary N) is 1. The van der Waals surface area contributed by atoms with Crippen LogP contribution in [-0.4, -0.2) is 16.4 Å². The molecule has 1 N–H and O–H groups in total. The standard InChI is InChI=1S/C23H28N2/c1-2-3-5-14-22-23-20(19-12-8-9-13-21(19)24-23)15-16-25(22)17-18-10-6-4-7-11-18/h4,6-13,22,24H,2-3,5,14-17H2,1H3. The Morgan fingerprint density at radius 2 is 1.80 bits per heavy atom. The molecule has 25 heavy (non-hydrogen) atoms. The molecule has 4 rings (SSSR count). The van der Waals surface area contributed by atoms with Crippen molar-refractivity contribution >= 4 is 10.9 Å². The lowest BCUT2D eigenvalue weighted by Gasteiger charge is -2.36. The molecule has 0 spiro atoms. The van der Waals surface area contributed by atoms with Crippen LogP contribution in [0, 0.1) is 0 Å². The molecule has 0 bridgehead atoms. The third kappa shape index (κ3) is 3.36. The fourth-order valence-corrected chi connectivity index (χ4v) is 4.29. The van der Waals surface area contributed by atoms with Crippen LogP contribution in [0.3, 0.4) is 0 Å². The van der Waals surface area contributed by atoms with Crippen molar-refractivity contribution < 1.29 is 0 Å². The highest BCUT2D eigenvalue weighted by Gasteiger charge is 2.29. The van der Waals surface area contributed by atoms with Gasteiger partial charge in [-0.2, -0.15) is 0 Å². The molecule has 0 radical (unpaired) electrons. The molecular formula is C23H28N2. The molecule has 1 aliphatic heterocycles. The number of aromatic nitrogens is 1. The van der Waals surface area contributed by atoms with Crippen molar-refractivity contribution in [3.05, 3.63) is 71.4 Å². The number of fused-ring (bicyclic) bond motifs is 3. The fraction of sp³-hybridized carbons (Fsp3) is 0.391. The van der Waals surface area contributed by atoms with E-state index in [1.807, 2.05) is 0 Å². The highest BCUT2D eigenvalue weighted by Crippen LogP contribution is 2.37. The van der Waals surface area contributed by atoms with Crippen LogP contribution in [0.15, 0.2) is 54.6 Å². The lowest BCUT2D eigenvalue weighted by molar-refractivity contribution is 0.161. The molecule has 1 atom stereocenters. The van der Waals surface area contributed by atoms with E-state index in [-0.39, 0.29) is 0 Å². The average Bonchev–Trinajstić information content (AvgIpc) is 3.03. The minimum Gasteiger partial charge on any atom is -0.357 e. The molecule has 2 aromatic carbocycles. The zero-order valence-corrected chi connectivity index (χ0v) is 15.2. The number of nitrogens with zero attached hydrogens (tertiary/aromatic N) is 1. The molecule has 0 amide bonds. The van der Waals surface area contributed by atoms with Gasteiger partial charge in [0.1, 0.15) is 0 Å². The van der Waals surface area contributed by atoms with Crippen molar-refractivity contribution in [2.24, 2.45) is 0 Å². The van der Waals surface area contributed by atoms with Crippen LogP contribution in [0.1, 0.15) is 55.5 Å². The molecule has 2 heterocycles. The summed E-state index contributed by atoms with van der Waals surface area (Å²) in [7, 11) is 0. The van der Waals surface area contributed by atoms with Gasteiger partial charge in [0.2, 0.25) is 0 Å². The van der Waals surface area contributed by atoms with Gasteiger partial charge >= 0.3 is 0 Å². The van der Waals surface area contributed by atoms with E-state index in [1.165, 1.54) is 47.8 Å². The lowest BCUT2D eigenvalue weighted by atomic mass is 9.93. The van der Waals surface area contributed by atoms with Crippen LogP contribution < -0.4 is 0 Å². The lowest BCUT2D eigenvalue weighted by Crippen LogP contribution is -2.35. The van der Waals surface area contributed by atoms with E-state index >= 15 is 0 Å². The molecule has 130 valence electrons. The summed E-state index contributed by atoms with van der Waals surface area (Å²) in [5.74, 6) is 0. The highest BCUT2D eigenvalue weighted by atomic mass is 15.2. The van der Waals surface area contributed by atoms with E-state index < -0.39 is 0 Å². The van der Waals surface area contributed by atoms with E-state index in [0.717, 1.165) is 19.5 Å². The van der Waals surface area contributed by atoms with E-state index in [9.17, 15) is 0 Å². The predicted molar refractivity (Wildman–Crippen MR) is 106 cm³/mol. The number of hydrogen-bond donors (Lipinski definition) is 1. The Bertz CT molecular complexity index is 818. The maximum Gasteiger partial charge on any atom is 0.0505 e. The van der Waals surface area contributed by atoms with Gasteiger partial charge in [0.05, 0.1) is 6.04 Å². The normalized spacial score (nSPS) is 17.7. The summed E-state index contributed by atoms with van der Waals surface area (Å²) in [4.78, 5) is 6.45. The minimum absolute atomic E-state index is 0.517. The number of para-hydroxylation sites is 1. The van der Waals surface area contributed by atoms with Gasteiger partial charge in [0, 0.05) is 29.7 Å². The second-order valence-corrected chi connectivity index (χ2v) is 7.28. The van der Waals surface area contributed by atoms with Crippen molar-refractivity contribution in [2.75, 3.05) is 6.54 Å². The zero-order chi connectivity index (χ0) is 17.1.